The fourth-order valence-corrected chi connectivity index (χ4v) is 3.18. The molecule has 1 aromatic rings. The van der Waals surface area contributed by atoms with Gasteiger partial charge in [-0.2, -0.15) is 5.10 Å². The average Bonchev–Trinajstić information content (AvgIpc) is 2.77. The summed E-state index contributed by atoms with van der Waals surface area (Å²) in [7, 11) is 3.49. The summed E-state index contributed by atoms with van der Waals surface area (Å²) in [6.07, 6.45) is 3.68. The first-order valence-corrected chi connectivity index (χ1v) is 8.72. The van der Waals surface area contributed by atoms with E-state index in [1.807, 2.05) is 0 Å². The highest BCUT2D eigenvalue weighted by Crippen LogP contribution is 2.16. The number of amides is 2. The predicted octanol–water partition coefficient (Wildman–Crippen LogP) is 2.30. The number of nitrogens with one attached hydrogen (secondary N) is 1. The van der Waals surface area contributed by atoms with Crippen molar-refractivity contribution < 1.29 is 4.79 Å². The monoisotopic (exact) mass is 321 g/mol. The second kappa shape index (κ2) is 8.34. The van der Waals surface area contributed by atoms with Gasteiger partial charge >= 0.3 is 6.03 Å². The van der Waals surface area contributed by atoms with Crippen LogP contribution in [0.2, 0.25) is 0 Å². The number of hydrogen-bond acceptors (Lipinski definition) is 3. The van der Waals surface area contributed by atoms with Gasteiger partial charge in [-0.05, 0) is 24.8 Å². The van der Waals surface area contributed by atoms with E-state index in [0.29, 0.717) is 6.54 Å². The Labute approximate surface area is 139 Å². The van der Waals surface area contributed by atoms with Gasteiger partial charge in [0.25, 0.3) is 0 Å². The molecule has 23 heavy (non-hydrogen) atoms. The first-order chi connectivity index (χ1) is 11.0. The number of carbonyl (C=O) groups excluding carboxylic acids is 1. The number of aromatic nitrogens is 2. The van der Waals surface area contributed by atoms with Crippen LogP contribution in [0, 0.1) is 5.92 Å². The van der Waals surface area contributed by atoms with Crippen LogP contribution in [0.1, 0.15) is 44.5 Å². The molecule has 0 spiro atoms. The van der Waals surface area contributed by atoms with E-state index in [0.717, 1.165) is 44.2 Å². The van der Waals surface area contributed by atoms with Crippen LogP contribution in [0.15, 0.2) is 6.07 Å². The molecular formula is C17H31N5O. The van der Waals surface area contributed by atoms with Crippen molar-refractivity contribution in [2.24, 2.45) is 5.92 Å². The van der Waals surface area contributed by atoms with E-state index in [4.69, 9.17) is 0 Å². The summed E-state index contributed by atoms with van der Waals surface area (Å²) in [5.41, 5.74) is 2.21. The van der Waals surface area contributed by atoms with Gasteiger partial charge in [0, 0.05) is 40.3 Å². The van der Waals surface area contributed by atoms with Gasteiger partial charge in [-0.3, -0.25) is 9.58 Å². The van der Waals surface area contributed by atoms with Crippen LogP contribution >= 0.6 is 0 Å². The molecule has 0 bridgehead atoms. The third-order valence-electron chi connectivity index (χ3n) is 4.32. The van der Waals surface area contributed by atoms with Crippen LogP contribution in [-0.4, -0.2) is 52.8 Å². The number of fused-ring (bicyclic) bond motifs is 1. The summed E-state index contributed by atoms with van der Waals surface area (Å²) in [5.74, 6) is 0.744. The summed E-state index contributed by atoms with van der Waals surface area (Å²) >= 11 is 0. The van der Waals surface area contributed by atoms with Crippen LogP contribution in [0.3, 0.4) is 0 Å². The van der Waals surface area contributed by atoms with Crippen LogP contribution < -0.4 is 5.32 Å². The van der Waals surface area contributed by atoms with E-state index in [2.05, 4.69) is 39.9 Å². The van der Waals surface area contributed by atoms with Gasteiger partial charge in [0.2, 0.25) is 0 Å². The highest BCUT2D eigenvalue weighted by atomic mass is 16.2. The summed E-state index contributed by atoms with van der Waals surface area (Å²) in [4.78, 5) is 15.7. The van der Waals surface area contributed by atoms with E-state index >= 15 is 0 Å². The molecule has 2 heterocycles. The summed E-state index contributed by atoms with van der Waals surface area (Å²) in [6, 6.07) is 2.06. The predicted molar refractivity (Wildman–Crippen MR) is 92.1 cm³/mol. The molecule has 0 aliphatic carbocycles. The molecule has 0 saturated carbocycles. The summed E-state index contributed by atoms with van der Waals surface area (Å²) < 4.78 is 2.11. The third kappa shape index (κ3) is 5.23. The van der Waals surface area contributed by atoms with Gasteiger partial charge in [-0.15, -0.1) is 0 Å². The highest BCUT2D eigenvalue weighted by Gasteiger charge is 2.18. The van der Waals surface area contributed by atoms with Crippen LogP contribution in [0.25, 0.3) is 0 Å². The SMILES string of the molecule is CCC[C@H](C)CN1CCCn2nc(CNC(=O)N(C)C)cc2C1. The minimum absolute atomic E-state index is 0.0804. The Morgan fingerprint density at radius 3 is 2.91 bits per heavy atom. The molecule has 1 aliphatic rings. The van der Waals surface area contributed by atoms with Crippen molar-refractivity contribution in [3.8, 4) is 0 Å². The first-order valence-electron chi connectivity index (χ1n) is 8.72. The maximum atomic E-state index is 11.6. The van der Waals surface area contributed by atoms with Crippen molar-refractivity contribution in [2.75, 3.05) is 27.2 Å². The highest BCUT2D eigenvalue weighted by molar-refractivity contribution is 5.73. The Bertz CT molecular complexity index is 511. The molecule has 0 saturated heterocycles. The summed E-state index contributed by atoms with van der Waals surface area (Å²) in [6.45, 7) is 9.31. The Kier molecular flexibility index (Phi) is 6.45. The largest absolute Gasteiger partial charge is 0.332 e. The van der Waals surface area contributed by atoms with E-state index in [-0.39, 0.29) is 6.03 Å². The van der Waals surface area contributed by atoms with E-state index in [9.17, 15) is 4.79 Å². The molecule has 1 aliphatic heterocycles. The van der Waals surface area contributed by atoms with Gasteiger partial charge in [0.15, 0.2) is 0 Å². The smallest absolute Gasteiger partial charge is 0.317 e. The van der Waals surface area contributed by atoms with Gasteiger partial charge in [-0.25, -0.2) is 4.79 Å². The van der Waals surface area contributed by atoms with Gasteiger partial charge in [0.1, 0.15) is 0 Å². The molecule has 6 nitrogen and oxygen atoms in total. The molecule has 2 amide bonds. The number of carbonyl (C=O) groups is 1. The molecule has 0 unspecified atom stereocenters. The molecule has 0 fully saturated rings. The normalized spacial score (nSPS) is 16.5. The lowest BCUT2D eigenvalue weighted by Crippen LogP contribution is -2.34. The lowest BCUT2D eigenvalue weighted by atomic mass is 10.1. The Morgan fingerprint density at radius 2 is 2.22 bits per heavy atom. The minimum Gasteiger partial charge on any atom is -0.332 e. The van der Waals surface area contributed by atoms with Crippen molar-refractivity contribution in [1.82, 2.24) is 24.9 Å². The van der Waals surface area contributed by atoms with Crippen LogP contribution in [-0.2, 0) is 19.6 Å². The minimum atomic E-state index is -0.0804. The van der Waals surface area contributed by atoms with Crippen molar-refractivity contribution in [3.63, 3.8) is 0 Å². The van der Waals surface area contributed by atoms with Gasteiger partial charge in [-0.1, -0.05) is 20.3 Å². The molecular weight excluding hydrogens is 290 g/mol. The van der Waals surface area contributed by atoms with Crippen molar-refractivity contribution in [3.05, 3.63) is 17.5 Å². The Balaban J connectivity index is 1.94. The quantitative estimate of drug-likeness (QED) is 0.875. The maximum absolute atomic E-state index is 11.6. The molecule has 2 rings (SSSR count). The lowest BCUT2D eigenvalue weighted by Gasteiger charge is -2.23. The molecule has 6 heteroatoms. The fourth-order valence-electron chi connectivity index (χ4n) is 3.18. The molecule has 1 aromatic heterocycles. The zero-order valence-corrected chi connectivity index (χ0v) is 15.0. The van der Waals surface area contributed by atoms with Gasteiger partial charge in [0.05, 0.1) is 17.9 Å². The lowest BCUT2D eigenvalue weighted by molar-refractivity contribution is 0.217. The molecule has 1 N–H and O–H groups in total. The number of rotatable bonds is 6. The topological polar surface area (TPSA) is 53.4 Å². The second-order valence-corrected chi connectivity index (χ2v) is 6.89. The first kappa shape index (κ1) is 17.8. The Morgan fingerprint density at radius 1 is 1.43 bits per heavy atom. The van der Waals surface area contributed by atoms with Crippen molar-refractivity contribution >= 4 is 6.03 Å². The second-order valence-electron chi connectivity index (χ2n) is 6.89. The van der Waals surface area contributed by atoms with Crippen molar-refractivity contribution in [2.45, 2.75) is 52.7 Å². The zero-order valence-electron chi connectivity index (χ0n) is 15.0. The number of nitrogens with zero attached hydrogens (tertiary/aromatic N) is 4. The van der Waals surface area contributed by atoms with Gasteiger partial charge < -0.3 is 10.2 Å². The molecule has 130 valence electrons. The summed E-state index contributed by atoms with van der Waals surface area (Å²) in [5, 5.41) is 7.53. The zero-order chi connectivity index (χ0) is 16.8. The molecule has 1 atom stereocenters. The molecule has 0 radical (unpaired) electrons. The average molecular weight is 321 g/mol. The van der Waals surface area contributed by atoms with E-state index < -0.39 is 0 Å². The third-order valence-corrected chi connectivity index (χ3v) is 4.32. The van der Waals surface area contributed by atoms with Crippen LogP contribution in [0.5, 0.6) is 0 Å². The number of aryl methyl sites for hydroxylation is 1. The van der Waals surface area contributed by atoms with E-state index in [1.165, 1.54) is 23.4 Å². The maximum Gasteiger partial charge on any atom is 0.317 e. The standard InChI is InChI=1S/C17H31N5O/c1-5-7-14(2)12-21-8-6-9-22-16(13-21)10-15(19-22)11-18-17(23)20(3)4/h10,14H,5-9,11-13H2,1-4H3,(H,18,23)/t14-/m0/s1. The molecule has 0 aromatic carbocycles. The van der Waals surface area contributed by atoms with Crippen molar-refractivity contribution in [1.29, 1.82) is 0 Å². The number of hydrogen-bond donors (Lipinski definition) is 1. The van der Waals surface area contributed by atoms with E-state index in [1.54, 1.807) is 14.1 Å². The Hall–Kier alpha value is -1.56. The number of urea groups is 1. The van der Waals surface area contributed by atoms with Crippen LogP contribution in [0.4, 0.5) is 4.79 Å². The fraction of sp³-hybridized carbons (Fsp3) is 0.765.